The summed E-state index contributed by atoms with van der Waals surface area (Å²) in [5.74, 6) is 0. The van der Waals surface area contributed by atoms with Gasteiger partial charge >= 0.3 is 0 Å². The maximum absolute atomic E-state index is 3.07. The predicted octanol–water partition coefficient (Wildman–Crippen LogP) is 2.73. The Morgan fingerprint density at radius 1 is 1.18 bits per heavy atom. The molecule has 0 fully saturated rings. The van der Waals surface area contributed by atoms with Gasteiger partial charge in [-0.05, 0) is 25.5 Å². The number of H-pyrrole nitrogens is 1. The summed E-state index contributed by atoms with van der Waals surface area (Å²) in [6, 6.07) is 2.06. The van der Waals surface area contributed by atoms with Crippen LogP contribution in [0.1, 0.15) is 11.3 Å². The topological polar surface area (TPSA) is 15.8 Å². The average Bonchev–Trinajstić information content (AvgIpc) is 2.15. The highest BCUT2D eigenvalue weighted by molar-refractivity contribution is 6.54. The summed E-state index contributed by atoms with van der Waals surface area (Å²) in [7, 11) is -0.139. The van der Waals surface area contributed by atoms with Crippen LogP contribution in [0.5, 0.6) is 0 Å². The van der Waals surface area contributed by atoms with Crippen molar-refractivity contribution >= 4 is 8.80 Å². The van der Waals surface area contributed by atoms with Crippen LogP contribution in [0.15, 0.2) is 12.3 Å². The van der Waals surface area contributed by atoms with E-state index in [1.807, 2.05) is 6.20 Å². The Hall–Kier alpha value is -0.503. The molecule has 0 aliphatic rings. The van der Waals surface area contributed by atoms with Crippen molar-refractivity contribution in [2.45, 2.75) is 33.5 Å². The molecule has 11 heavy (non-hydrogen) atoms. The lowest BCUT2D eigenvalue weighted by Gasteiger charge is -1.81. The van der Waals surface area contributed by atoms with Crippen molar-refractivity contribution in [1.82, 2.24) is 4.98 Å². The first kappa shape index (κ1) is 10.5. The molecule has 0 bridgehead atoms. The van der Waals surface area contributed by atoms with Gasteiger partial charge in [-0.15, -0.1) is 0 Å². The lowest BCUT2D eigenvalue weighted by atomic mass is 10.3. The Kier molecular flexibility index (Phi) is 4.95. The Morgan fingerprint density at radius 3 is 1.73 bits per heavy atom. The van der Waals surface area contributed by atoms with Gasteiger partial charge in [-0.25, -0.2) is 0 Å². The predicted molar refractivity (Wildman–Crippen MR) is 55.0 cm³/mol. The molecule has 1 N–H and O–H groups in total. The minimum atomic E-state index is -0.139. The van der Waals surface area contributed by atoms with Gasteiger partial charge in [-0.3, -0.25) is 0 Å². The first-order valence-electron chi connectivity index (χ1n) is 4.14. The average molecular weight is 169 g/mol. The van der Waals surface area contributed by atoms with Gasteiger partial charge in [-0.2, -0.15) is 0 Å². The van der Waals surface area contributed by atoms with Crippen LogP contribution >= 0.6 is 0 Å². The van der Waals surface area contributed by atoms with Crippen LogP contribution in [0.4, 0.5) is 0 Å². The molecule has 0 saturated carbocycles. The van der Waals surface area contributed by atoms with Gasteiger partial charge in [0.05, 0.1) is 0 Å². The van der Waals surface area contributed by atoms with E-state index in [1.165, 1.54) is 11.3 Å². The molecule has 1 nitrogen and oxygen atoms in total. The van der Waals surface area contributed by atoms with Crippen LogP contribution in [0.25, 0.3) is 0 Å². The fraction of sp³-hybridized carbons (Fsp3) is 0.556. The molecule has 0 atom stereocenters. The number of aromatic nitrogens is 1. The van der Waals surface area contributed by atoms with E-state index in [4.69, 9.17) is 0 Å². The third kappa shape index (κ3) is 5.92. The van der Waals surface area contributed by atoms with Crippen LogP contribution in [0, 0.1) is 13.8 Å². The van der Waals surface area contributed by atoms with Gasteiger partial charge in [0.1, 0.15) is 0 Å². The maximum Gasteiger partial charge on any atom is 0.0274 e. The third-order valence-electron chi connectivity index (χ3n) is 1.22. The highest BCUT2D eigenvalue weighted by atomic mass is 28.3. The number of nitrogens with one attached hydrogen (secondary N) is 1. The van der Waals surface area contributed by atoms with Crippen LogP contribution in [0.2, 0.25) is 19.6 Å². The van der Waals surface area contributed by atoms with Crippen LogP contribution in [-0.2, 0) is 0 Å². The fourth-order valence-corrected chi connectivity index (χ4v) is 0.531. The summed E-state index contributed by atoms with van der Waals surface area (Å²) in [4.78, 5) is 3.07. The van der Waals surface area contributed by atoms with Gasteiger partial charge in [0.15, 0.2) is 0 Å². The second-order valence-corrected chi connectivity index (χ2v) is 6.98. The Morgan fingerprint density at radius 2 is 1.64 bits per heavy atom. The number of hydrogen-bond acceptors (Lipinski definition) is 0. The van der Waals surface area contributed by atoms with Crippen molar-refractivity contribution in [1.29, 1.82) is 0 Å². The Balaban J connectivity index is 0.000000218. The zero-order valence-electron chi connectivity index (χ0n) is 8.23. The number of hydrogen-bond donors (Lipinski definition) is 1. The second-order valence-electron chi connectivity index (χ2n) is 3.52. The molecule has 0 aromatic carbocycles. The molecule has 1 rings (SSSR count). The van der Waals surface area contributed by atoms with E-state index >= 15 is 0 Å². The van der Waals surface area contributed by atoms with Crippen molar-refractivity contribution in [3.05, 3.63) is 23.5 Å². The molecule has 0 aliphatic heterocycles. The van der Waals surface area contributed by atoms with Gasteiger partial charge in [0, 0.05) is 20.7 Å². The molecule has 0 aliphatic carbocycles. The molecule has 64 valence electrons. The Labute approximate surface area is 71.4 Å². The molecule has 0 radical (unpaired) electrons. The van der Waals surface area contributed by atoms with E-state index in [-0.39, 0.29) is 8.80 Å². The quantitative estimate of drug-likeness (QED) is 0.575. The van der Waals surface area contributed by atoms with Crippen molar-refractivity contribution < 1.29 is 0 Å². The largest absolute Gasteiger partial charge is 0.365 e. The molecule has 0 spiro atoms. The fourth-order valence-electron chi connectivity index (χ4n) is 0.531. The van der Waals surface area contributed by atoms with Gasteiger partial charge in [0.2, 0.25) is 0 Å². The summed E-state index contributed by atoms with van der Waals surface area (Å²) in [5.41, 5.74) is 2.60. The van der Waals surface area contributed by atoms with Crippen LogP contribution in [0.3, 0.4) is 0 Å². The minimum absolute atomic E-state index is 0.139. The van der Waals surface area contributed by atoms with E-state index in [0.717, 1.165) is 0 Å². The SMILES string of the molecule is C[SiH](C)C.Cc1cc[nH]c1C. The second kappa shape index (κ2) is 5.19. The number of rotatable bonds is 0. The normalized spacial score (nSPS) is 9.27. The van der Waals surface area contributed by atoms with Crippen molar-refractivity contribution in [3.8, 4) is 0 Å². The lowest BCUT2D eigenvalue weighted by molar-refractivity contribution is 1.23. The van der Waals surface area contributed by atoms with E-state index in [2.05, 4.69) is 44.5 Å². The smallest absolute Gasteiger partial charge is 0.0274 e. The van der Waals surface area contributed by atoms with Gasteiger partial charge in [0.25, 0.3) is 0 Å². The highest BCUT2D eigenvalue weighted by Crippen LogP contribution is 1.99. The first-order chi connectivity index (χ1) is 5.04. The molecule has 0 unspecified atom stereocenters. The van der Waals surface area contributed by atoms with Crippen molar-refractivity contribution in [3.63, 3.8) is 0 Å². The molecule has 0 saturated heterocycles. The summed E-state index contributed by atoms with van der Waals surface area (Å²) < 4.78 is 0. The van der Waals surface area contributed by atoms with Crippen molar-refractivity contribution in [2.75, 3.05) is 0 Å². The molecular weight excluding hydrogens is 150 g/mol. The van der Waals surface area contributed by atoms with Crippen LogP contribution < -0.4 is 0 Å². The number of aromatic amines is 1. The molecule has 1 aromatic heterocycles. The summed E-state index contributed by atoms with van der Waals surface area (Å²) >= 11 is 0. The lowest BCUT2D eigenvalue weighted by Crippen LogP contribution is -1.84. The van der Waals surface area contributed by atoms with Gasteiger partial charge < -0.3 is 4.98 Å². The molecule has 1 aromatic rings. The zero-order chi connectivity index (χ0) is 8.85. The summed E-state index contributed by atoms with van der Waals surface area (Å²) in [6.45, 7) is 11.1. The standard InChI is InChI=1S/C6H9N.C3H10Si/c1-5-3-4-7-6(5)2;1-4(2)3/h3-4,7H,1-2H3;4H,1-3H3. The van der Waals surface area contributed by atoms with E-state index in [9.17, 15) is 0 Å². The number of aryl methyl sites for hydroxylation is 2. The summed E-state index contributed by atoms with van der Waals surface area (Å²) in [6.07, 6.45) is 1.95. The van der Waals surface area contributed by atoms with E-state index < -0.39 is 0 Å². The van der Waals surface area contributed by atoms with E-state index in [1.54, 1.807) is 0 Å². The third-order valence-corrected chi connectivity index (χ3v) is 1.22. The van der Waals surface area contributed by atoms with E-state index in [0.29, 0.717) is 0 Å². The maximum atomic E-state index is 3.07. The molecular formula is C9H19NSi. The van der Waals surface area contributed by atoms with Crippen molar-refractivity contribution in [2.24, 2.45) is 0 Å². The Bertz CT molecular complexity index is 172. The molecule has 1 heterocycles. The monoisotopic (exact) mass is 169 g/mol. The molecule has 2 heteroatoms. The first-order valence-corrected chi connectivity index (χ1v) is 7.61. The minimum Gasteiger partial charge on any atom is -0.365 e. The van der Waals surface area contributed by atoms with Crippen LogP contribution in [-0.4, -0.2) is 13.8 Å². The zero-order valence-corrected chi connectivity index (χ0v) is 9.39. The summed E-state index contributed by atoms with van der Waals surface area (Å²) in [5, 5.41) is 0. The molecule has 0 amide bonds. The highest BCUT2D eigenvalue weighted by Gasteiger charge is 1.85. The van der Waals surface area contributed by atoms with Gasteiger partial charge in [-0.1, -0.05) is 19.6 Å².